The van der Waals surface area contributed by atoms with Crippen molar-refractivity contribution in [3.8, 4) is 22.5 Å². The van der Waals surface area contributed by atoms with Crippen LogP contribution in [-0.2, 0) is 9.53 Å². The standard InChI is InChI=1S/C22H20F2N2O2/c1-14(2)22-25-20(15-4-8-17(23)9-5-15)21(16-6-10-18(24)11-7-16)26(22)13-12-19(27)28-3/h4-14H,1-3H3/b13-12+. The SMILES string of the molecule is COC(=O)/C=C/n1c(C(C)C)nc(-c2ccc(F)cc2)c1-c1ccc(F)cc1. The maximum absolute atomic E-state index is 13.5. The largest absolute Gasteiger partial charge is 0.466 e. The van der Waals surface area contributed by atoms with Gasteiger partial charge in [0.1, 0.15) is 17.5 Å². The van der Waals surface area contributed by atoms with Crippen LogP contribution in [0.15, 0.2) is 54.6 Å². The molecule has 28 heavy (non-hydrogen) atoms. The van der Waals surface area contributed by atoms with Crippen molar-refractivity contribution < 1.29 is 18.3 Å². The van der Waals surface area contributed by atoms with Gasteiger partial charge in [0.25, 0.3) is 0 Å². The molecule has 1 aromatic heterocycles. The van der Waals surface area contributed by atoms with Crippen LogP contribution in [-0.4, -0.2) is 22.6 Å². The number of hydrogen-bond acceptors (Lipinski definition) is 3. The van der Waals surface area contributed by atoms with Gasteiger partial charge in [-0.2, -0.15) is 0 Å². The van der Waals surface area contributed by atoms with Crippen molar-refractivity contribution in [1.82, 2.24) is 9.55 Å². The molecule has 0 N–H and O–H groups in total. The lowest BCUT2D eigenvalue weighted by molar-refractivity contribution is -0.134. The normalized spacial score (nSPS) is 11.4. The molecule has 0 atom stereocenters. The van der Waals surface area contributed by atoms with Gasteiger partial charge in [-0.1, -0.05) is 13.8 Å². The lowest BCUT2D eigenvalue weighted by Crippen LogP contribution is -2.02. The van der Waals surface area contributed by atoms with Gasteiger partial charge >= 0.3 is 5.97 Å². The summed E-state index contributed by atoms with van der Waals surface area (Å²) in [5.74, 6) is -0.459. The molecule has 3 rings (SSSR count). The molecule has 6 heteroatoms. The predicted molar refractivity (Wildman–Crippen MR) is 104 cm³/mol. The van der Waals surface area contributed by atoms with Crippen LogP contribution in [0.4, 0.5) is 8.78 Å². The van der Waals surface area contributed by atoms with Crippen molar-refractivity contribution >= 4 is 12.2 Å². The van der Waals surface area contributed by atoms with Crippen molar-refractivity contribution in [2.45, 2.75) is 19.8 Å². The van der Waals surface area contributed by atoms with E-state index in [0.29, 0.717) is 22.8 Å². The first-order chi connectivity index (χ1) is 13.4. The number of benzene rings is 2. The number of carbonyl (C=O) groups excluding carboxylic acids is 1. The van der Waals surface area contributed by atoms with E-state index in [1.54, 1.807) is 35.0 Å². The highest BCUT2D eigenvalue weighted by atomic mass is 19.1. The van der Waals surface area contributed by atoms with Crippen LogP contribution in [0.5, 0.6) is 0 Å². The summed E-state index contributed by atoms with van der Waals surface area (Å²) in [6.07, 6.45) is 2.88. The number of methoxy groups -OCH3 is 1. The Labute approximate surface area is 162 Å². The van der Waals surface area contributed by atoms with E-state index < -0.39 is 5.97 Å². The first-order valence-corrected chi connectivity index (χ1v) is 8.81. The minimum Gasteiger partial charge on any atom is -0.466 e. The van der Waals surface area contributed by atoms with E-state index in [4.69, 9.17) is 4.98 Å². The van der Waals surface area contributed by atoms with E-state index >= 15 is 0 Å². The maximum atomic E-state index is 13.5. The summed E-state index contributed by atoms with van der Waals surface area (Å²) in [7, 11) is 1.30. The van der Waals surface area contributed by atoms with Gasteiger partial charge in [-0.05, 0) is 48.5 Å². The molecule has 0 saturated heterocycles. The fourth-order valence-electron chi connectivity index (χ4n) is 2.90. The van der Waals surface area contributed by atoms with E-state index in [0.717, 1.165) is 5.56 Å². The molecule has 1 heterocycles. The Morgan fingerprint density at radius 2 is 1.54 bits per heavy atom. The van der Waals surface area contributed by atoms with Crippen molar-refractivity contribution in [2.24, 2.45) is 0 Å². The number of ether oxygens (including phenoxy) is 1. The van der Waals surface area contributed by atoms with Gasteiger partial charge in [0.15, 0.2) is 0 Å². The Kier molecular flexibility index (Phi) is 5.68. The maximum Gasteiger partial charge on any atom is 0.331 e. The molecule has 0 unspecified atom stereocenters. The average Bonchev–Trinajstić information content (AvgIpc) is 3.07. The highest BCUT2D eigenvalue weighted by molar-refractivity contribution is 5.87. The molecular formula is C22H20F2N2O2. The monoisotopic (exact) mass is 382 g/mol. The molecule has 0 spiro atoms. The van der Waals surface area contributed by atoms with Crippen LogP contribution in [0.1, 0.15) is 25.6 Å². The molecule has 0 aliphatic carbocycles. The second-order valence-electron chi connectivity index (χ2n) is 6.54. The quantitative estimate of drug-likeness (QED) is 0.446. The number of rotatable bonds is 5. The minimum atomic E-state index is -0.503. The second kappa shape index (κ2) is 8.17. The third-order valence-electron chi connectivity index (χ3n) is 4.25. The molecule has 0 radical (unpaired) electrons. The van der Waals surface area contributed by atoms with E-state index in [9.17, 15) is 13.6 Å². The summed E-state index contributed by atoms with van der Waals surface area (Å²) in [6.45, 7) is 3.96. The number of halogens is 2. The van der Waals surface area contributed by atoms with E-state index in [2.05, 4.69) is 4.74 Å². The summed E-state index contributed by atoms with van der Waals surface area (Å²) in [4.78, 5) is 16.4. The topological polar surface area (TPSA) is 44.1 Å². The summed E-state index contributed by atoms with van der Waals surface area (Å²) < 4.78 is 33.3. The molecule has 144 valence electrons. The summed E-state index contributed by atoms with van der Waals surface area (Å²) >= 11 is 0. The summed E-state index contributed by atoms with van der Waals surface area (Å²) in [5.41, 5.74) is 2.72. The zero-order chi connectivity index (χ0) is 20.3. The average molecular weight is 382 g/mol. The van der Waals surface area contributed by atoms with Crippen LogP contribution in [0, 0.1) is 11.6 Å². The Morgan fingerprint density at radius 1 is 1.00 bits per heavy atom. The third kappa shape index (κ3) is 4.01. The number of carbonyl (C=O) groups is 1. The van der Waals surface area contributed by atoms with Crippen molar-refractivity contribution in [1.29, 1.82) is 0 Å². The van der Waals surface area contributed by atoms with Crippen molar-refractivity contribution in [3.05, 3.63) is 72.1 Å². The molecule has 4 nitrogen and oxygen atoms in total. The molecular weight excluding hydrogens is 362 g/mol. The van der Waals surface area contributed by atoms with Gasteiger partial charge < -0.3 is 9.30 Å². The summed E-state index contributed by atoms with van der Waals surface area (Å²) in [5, 5.41) is 0. The van der Waals surface area contributed by atoms with Crippen LogP contribution >= 0.6 is 0 Å². The zero-order valence-corrected chi connectivity index (χ0v) is 15.8. The van der Waals surface area contributed by atoms with Crippen molar-refractivity contribution in [2.75, 3.05) is 7.11 Å². The molecule has 0 saturated carbocycles. The van der Waals surface area contributed by atoms with Gasteiger partial charge in [0.05, 0.1) is 18.5 Å². The zero-order valence-electron chi connectivity index (χ0n) is 15.8. The number of nitrogens with zero attached hydrogens (tertiary/aromatic N) is 2. The van der Waals surface area contributed by atoms with E-state index in [1.807, 2.05) is 13.8 Å². The first-order valence-electron chi connectivity index (χ1n) is 8.81. The van der Waals surface area contributed by atoms with Gasteiger partial charge in [-0.15, -0.1) is 0 Å². The number of esters is 1. The Balaban J connectivity index is 2.29. The molecule has 0 bridgehead atoms. The Hall–Kier alpha value is -3.28. The molecule has 0 amide bonds. The van der Waals surface area contributed by atoms with Crippen LogP contribution in [0.2, 0.25) is 0 Å². The van der Waals surface area contributed by atoms with E-state index in [-0.39, 0.29) is 17.6 Å². The molecule has 0 aliphatic heterocycles. The van der Waals surface area contributed by atoms with Gasteiger partial charge in [-0.25, -0.2) is 18.6 Å². The van der Waals surface area contributed by atoms with Crippen LogP contribution < -0.4 is 0 Å². The van der Waals surface area contributed by atoms with Gasteiger partial charge in [-0.3, -0.25) is 0 Å². The highest BCUT2D eigenvalue weighted by Gasteiger charge is 2.21. The van der Waals surface area contributed by atoms with Crippen molar-refractivity contribution in [3.63, 3.8) is 0 Å². The predicted octanol–water partition coefficient (Wildman–Crippen LogP) is 5.26. The second-order valence-corrected chi connectivity index (χ2v) is 6.54. The number of imidazole rings is 1. The Morgan fingerprint density at radius 3 is 2.04 bits per heavy atom. The van der Waals surface area contributed by atoms with Gasteiger partial charge in [0, 0.05) is 29.3 Å². The van der Waals surface area contributed by atoms with Crippen LogP contribution in [0.25, 0.3) is 28.7 Å². The molecule has 0 aliphatic rings. The highest BCUT2D eigenvalue weighted by Crippen LogP contribution is 2.35. The number of aromatic nitrogens is 2. The first kappa shape index (κ1) is 19.5. The molecule has 3 aromatic rings. The molecule has 0 fully saturated rings. The Bertz CT molecular complexity index is 1000. The number of hydrogen-bond donors (Lipinski definition) is 0. The van der Waals surface area contributed by atoms with Crippen LogP contribution in [0.3, 0.4) is 0 Å². The smallest absolute Gasteiger partial charge is 0.331 e. The lowest BCUT2D eigenvalue weighted by Gasteiger charge is -2.10. The lowest BCUT2D eigenvalue weighted by atomic mass is 10.0. The molecule has 2 aromatic carbocycles. The summed E-state index contributed by atoms with van der Waals surface area (Å²) in [6, 6.07) is 12.0. The van der Waals surface area contributed by atoms with E-state index in [1.165, 1.54) is 37.5 Å². The minimum absolute atomic E-state index is 0.0377. The third-order valence-corrected chi connectivity index (χ3v) is 4.25. The fraction of sp³-hybridized carbons (Fsp3) is 0.182. The van der Waals surface area contributed by atoms with Gasteiger partial charge in [0.2, 0.25) is 0 Å². The fourth-order valence-corrected chi connectivity index (χ4v) is 2.90.